The fraction of sp³-hybridized carbons (Fsp3) is 0.333. The fourth-order valence-corrected chi connectivity index (χ4v) is 5.70. The second-order valence-corrected chi connectivity index (χ2v) is 11.0. The van der Waals surface area contributed by atoms with Gasteiger partial charge in [-0.25, -0.2) is 23.1 Å². The Labute approximate surface area is 255 Å². The van der Waals surface area contributed by atoms with Gasteiger partial charge in [-0.3, -0.25) is 24.2 Å². The number of carbonyl (C=O) groups is 3. The third-order valence-electron chi connectivity index (χ3n) is 7.63. The van der Waals surface area contributed by atoms with Crippen LogP contribution in [-0.2, 0) is 14.4 Å². The lowest BCUT2D eigenvalue weighted by Crippen LogP contribution is -2.53. The molecule has 3 atom stereocenters. The molecule has 1 saturated heterocycles. The van der Waals surface area contributed by atoms with Gasteiger partial charge in [0.2, 0.25) is 17.8 Å². The number of halogens is 4. The van der Waals surface area contributed by atoms with E-state index in [-0.39, 0.29) is 40.8 Å². The average Bonchev–Trinajstić information content (AvgIpc) is 3.30. The summed E-state index contributed by atoms with van der Waals surface area (Å²) in [5.41, 5.74) is -0.0425. The van der Waals surface area contributed by atoms with Gasteiger partial charge in [-0.15, -0.1) is 0 Å². The minimum Gasteiger partial charge on any atom is -0.383 e. The molecule has 2 N–H and O–H groups in total. The molecule has 2 heterocycles. The number of hydrogen-bond acceptors (Lipinski definition) is 7. The van der Waals surface area contributed by atoms with Crippen molar-refractivity contribution < 1.29 is 32.7 Å². The molecule has 1 saturated carbocycles. The van der Waals surface area contributed by atoms with E-state index in [9.17, 15) is 37.9 Å². The Balaban J connectivity index is 1.61. The molecular formula is C30H26ClF3N6O4. The van der Waals surface area contributed by atoms with Crippen LogP contribution in [0.15, 0.2) is 60.8 Å². The van der Waals surface area contributed by atoms with E-state index in [4.69, 9.17) is 11.6 Å². The normalized spacial score (nSPS) is 20.5. The molecule has 10 nitrogen and oxygen atoms in total. The number of aromatic nitrogens is 2. The number of amides is 3. The summed E-state index contributed by atoms with van der Waals surface area (Å²) in [6.07, 6.45) is -1.75. The van der Waals surface area contributed by atoms with E-state index in [2.05, 4.69) is 15.3 Å². The van der Waals surface area contributed by atoms with Gasteiger partial charge >= 0.3 is 0 Å². The van der Waals surface area contributed by atoms with Crippen LogP contribution in [-0.4, -0.2) is 56.9 Å². The molecule has 2 unspecified atom stereocenters. The Morgan fingerprint density at radius 1 is 1.16 bits per heavy atom. The number of benzene rings is 2. The van der Waals surface area contributed by atoms with Gasteiger partial charge in [0, 0.05) is 47.8 Å². The lowest BCUT2D eigenvalue weighted by Gasteiger charge is -2.36. The molecule has 3 aromatic rings. The molecule has 0 spiro atoms. The van der Waals surface area contributed by atoms with Crippen LogP contribution in [0.2, 0.25) is 5.02 Å². The third-order valence-corrected chi connectivity index (χ3v) is 7.98. The predicted octanol–water partition coefficient (Wildman–Crippen LogP) is 4.08. The maximum absolute atomic E-state index is 14.6. The maximum atomic E-state index is 14.6. The van der Waals surface area contributed by atoms with E-state index in [0.29, 0.717) is 0 Å². The quantitative estimate of drug-likeness (QED) is 0.403. The highest BCUT2D eigenvalue weighted by Crippen LogP contribution is 2.37. The van der Waals surface area contributed by atoms with Crippen molar-refractivity contribution in [3.8, 4) is 6.07 Å². The summed E-state index contributed by atoms with van der Waals surface area (Å²) >= 11 is 6.53. The summed E-state index contributed by atoms with van der Waals surface area (Å²) in [5.74, 6) is -6.52. The third kappa shape index (κ3) is 6.36. The first-order chi connectivity index (χ1) is 21.0. The summed E-state index contributed by atoms with van der Waals surface area (Å²) in [7, 11) is 0. The Morgan fingerprint density at radius 2 is 1.89 bits per heavy atom. The average molecular weight is 627 g/mol. The van der Waals surface area contributed by atoms with Crippen molar-refractivity contribution in [1.29, 1.82) is 5.26 Å². The number of nitrogens with one attached hydrogen (secondary N) is 1. The highest BCUT2D eigenvalue weighted by molar-refractivity contribution is 6.31. The SMILES string of the molecule is N#Cc1ccnc(N2C(=O)C(O)CC2C(=O)N(c2cccc(F)c2)[C@@H](C(=O)NC2CCC(F)(F)CC2)c2ccccc2Cl)n1. The number of aliphatic hydroxyl groups is 1. The van der Waals surface area contributed by atoms with Crippen molar-refractivity contribution in [2.24, 2.45) is 0 Å². The van der Waals surface area contributed by atoms with Crippen molar-refractivity contribution in [3.63, 3.8) is 0 Å². The Hall–Kier alpha value is -4.54. The number of nitriles is 1. The van der Waals surface area contributed by atoms with Crippen LogP contribution in [0.4, 0.5) is 24.8 Å². The molecule has 1 aliphatic heterocycles. The fourth-order valence-electron chi connectivity index (χ4n) is 5.46. The number of anilines is 2. The monoisotopic (exact) mass is 626 g/mol. The molecule has 5 rings (SSSR count). The summed E-state index contributed by atoms with van der Waals surface area (Å²) < 4.78 is 42.3. The first kappa shape index (κ1) is 30.9. The summed E-state index contributed by atoms with van der Waals surface area (Å²) in [5, 5.41) is 22.7. The summed E-state index contributed by atoms with van der Waals surface area (Å²) in [6, 6.07) is 10.4. The number of rotatable bonds is 7. The Kier molecular flexibility index (Phi) is 8.85. The van der Waals surface area contributed by atoms with Crippen LogP contribution in [0.25, 0.3) is 0 Å². The lowest BCUT2D eigenvalue weighted by atomic mass is 9.91. The van der Waals surface area contributed by atoms with Crippen LogP contribution in [0, 0.1) is 17.1 Å². The number of hydrogen-bond donors (Lipinski definition) is 2. The molecule has 44 heavy (non-hydrogen) atoms. The number of nitrogens with zero attached hydrogens (tertiary/aromatic N) is 5. The van der Waals surface area contributed by atoms with E-state index in [1.54, 1.807) is 12.1 Å². The number of alkyl halides is 2. The van der Waals surface area contributed by atoms with Crippen LogP contribution in [0.3, 0.4) is 0 Å². The maximum Gasteiger partial charge on any atom is 0.259 e. The zero-order chi connectivity index (χ0) is 31.6. The standard InChI is InChI=1S/C30H26ClF3N6O4/c31-22-7-2-1-6-21(22)25(26(42)37-18-8-11-30(33,34)12-9-18)39(20-5-3-4-17(32)14-20)27(43)23-15-24(41)28(44)40(23)29-36-13-10-19(16-35)38-29/h1-7,10,13-14,18,23-25,41H,8-9,11-12,15H2,(H,37,42)/t23?,24?,25-/m1/s1. The molecule has 0 radical (unpaired) electrons. The van der Waals surface area contributed by atoms with Crippen LogP contribution < -0.4 is 15.1 Å². The van der Waals surface area contributed by atoms with Gasteiger partial charge in [0.05, 0.1) is 0 Å². The van der Waals surface area contributed by atoms with Gasteiger partial charge in [-0.2, -0.15) is 5.26 Å². The van der Waals surface area contributed by atoms with Gasteiger partial charge in [-0.05, 0) is 43.2 Å². The van der Waals surface area contributed by atoms with Crippen molar-refractivity contribution in [1.82, 2.24) is 15.3 Å². The molecule has 1 aliphatic carbocycles. The highest BCUT2D eigenvalue weighted by atomic mass is 35.5. The minimum absolute atomic E-state index is 0.00837. The van der Waals surface area contributed by atoms with Crippen LogP contribution >= 0.6 is 11.6 Å². The molecular weight excluding hydrogens is 601 g/mol. The molecule has 14 heteroatoms. The van der Waals surface area contributed by atoms with Crippen LogP contribution in [0.1, 0.15) is 49.4 Å². The molecule has 228 valence electrons. The smallest absolute Gasteiger partial charge is 0.259 e. The van der Waals surface area contributed by atoms with E-state index in [1.807, 2.05) is 6.07 Å². The van der Waals surface area contributed by atoms with Gasteiger partial charge in [0.1, 0.15) is 35.8 Å². The van der Waals surface area contributed by atoms with Gasteiger partial charge in [-0.1, -0.05) is 35.9 Å². The molecule has 2 fully saturated rings. The van der Waals surface area contributed by atoms with Crippen LogP contribution in [0.5, 0.6) is 0 Å². The zero-order valence-electron chi connectivity index (χ0n) is 23.0. The van der Waals surface area contributed by atoms with Crippen molar-refractivity contribution in [3.05, 3.63) is 82.9 Å². The number of carbonyl (C=O) groups excluding carboxylic acids is 3. The van der Waals surface area contributed by atoms with Crippen molar-refractivity contribution >= 4 is 41.0 Å². The van der Waals surface area contributed by atoms with E-state index < -0.39 is 73.0 Å². The van der Waals surface area contributed by atoms with Crippen molar-refractivity contribution in [2.75, 3.05) is 9.80 Å². The van der Waals surface area contributed by atoms with Gasteiger partial charge < -0.3 is 10.4 Å². The Morgan fingerprint density at radius 3 is 2.57 bits per heavy atom. The topological polar surface area (TPSA) is 140 Å². The minimum atomic E-state index is -2.85. The second kappa shape index (κ2) is 12.6. The lowest BCUT2D eigenvalue weighted by molar-refractivity contribution is -0.128. The Bertz CT molecular complexity index is 1630. The molecule has 0 bridgehead atoms. The molecule has 2 aliphatic rings. The molecule has 1 aromatic heterocycles. The summed E-state index contributed by atoms with van der Waals surface area (Å²) in [4.78, 5) is 51.5. The molecule has 3 amide bonds. The first-order valence-electron chi connectivity index (χ1n) is 13.7. The van der Waals surface area contributed by atoms with Gasteiger partial charge in [0.15, 0.2) is 0 Å². The molecule has 2 aromatic carbocycles. The van der Waals surface area contributed by atoms with Gasteiger partial charge in [0.25, 0.3) is 11.8 Å². The summed E-state index contributed by atoms with van der Waals surface area (Å²) in [6.45, 7) is 0. The first-order valence-corrected chi connectivity index (χ1v) is 14.1. The number of aliphatic hydroxyl groups excluding tert-OH is 1. The van der Waals surface area contributed by atoms with E-state index >= 15 is 0 Å². The second-order valence-electron chi connectivity index (χ2n) is 10.6. The van der Waals surface area contributed by atoms with Crippen molar-refractivity contribution in [2.45, 2.75) is 62.3 Å². The highest BCUT2D eigenvalue weighted by Gasteiger charge is 2.49. The van der Waals surface area contributed by atoms with E-state index in [0.717, 1.165) is 21.9 Å². The predicted molar refractivity (Wildman–Crippen MR) is 152 cm³/mol. The largest absolute Gasteiger partial charge is 0.383 e. The van der Waals surface area contributed by atoms with E-state index in [1.165, 1.54) is 36.5 Å². The zero-order valence-corrected chi connectivity index (χ0v) is 23.8.